The third kappa shape index (κ3) is 1.34. The van der Waals surface area contributed by atoms with Crippen molar-refractivity contribution in [3.05, 3.63) is 18.0 Å². The molecule has 0 aromatic carbocycles. The lowest BCUT2D eigenvalue weighted by Crippen LogP contribution is -2.49. The van der Waals surface area contributed by atoms with Crippen LogP contribution in [0.2, 0.25) is 0 Å². The first-order valence-corrected chi connectivity index (χ1v) is 3.10. The van der Waals surface area contributed by atoms with Crippen molar-refractivity contribution in [1.29, 1.82) is 0 Å². The third-order valence-corrected chi connectivity index (χ3v) is 1.22. The van der Waals surface area contributed by atoms with Crippen LogP contribution in [-0.4, -0.2) is 9.78 Å². The Balaban J connectivity index is 2.96. The van der Waals surface area contributed by atoms with E-state index < -0.39 is 5.79 Å². The molecular formula is C6H12N4. The molecule has 0 radical (unpaired) electrons. The maximum atomic E-state index is 5.55. The molecule has 1 heterocycles. The lowest BCUT2D eigenvalue weighted by molar-refractivity contribution is 0.309. The van der Waals surface area contributed by atoms with Crippen molar-refractivity contribution in [3.8, 4) is 0 Å². The van der Waals surface area contributed by atoms with E-state index in [9.17, 15) is 0 Å². The third-order valence-electron chi connectivity index (χ3n) is 1.22. The zero-order valence-corrected chi connectivity index (χ0v) is 6.20. The Labute approximate surface area is 59.8 Å². The van der Waals surface area contributed by atoms with E-state index in [1.807, 2.05) is 13.0 Å². The van der Waals surface area contributed by atoms with Crippen LogP contribution in [0.4, 0.5) is 0 Å². The smallest absolute Gasteiger partial charge is 0.158 e. The quantitative estimate of drug-likeness (QED) is 0.528. The Hall–Kier alpha value is -0.870. The van der Waals surface area contributed by atoms with Crippen LogP contribution in [0.1, 0.15) is 12.6 Å². The number of nitrogens with zero attached hydrogens (tertiary/aromatic N) is 2. The fraction of sp³-hybridized carbons (Fsp3) is 0.500. The van der Waals surface area contributed by atoms with E-state index in [2.05, 4.69) is 5.10 Å². The van der Waals surface area contributed by atoms with Crippen molar-refractivity contribution in [1.82, 2.24) is 9.78 Å². The predicted molar refractivity (Wildman–Crippen MR) is 39.0 cm³/mol. The van der Waals surface area contributed by atoms with Crippen LogP contribution >= 0.6 is 0 Å². The summed E-state index contributed by atoms with van der Waals surface area (Å²) < 4.78 is 1.53. The second kappa shape index (κ2) is 2.07. The SMILES string of the molecule is Cc1ccn(C(C)(N)N)n1. The highest BCUT2D eigenvalue weighted by molar-refractivity contribution is 4.96. The minimum absolute atomic E-state index is 0.881. The lowest BCUT2D eigenvalue weighted by atomic mass is 10.4. The highest BCUT2D eigenvalue weighted by Crippen LogP contribution is 1.99. The Bertz CT molecular complexity index is 220. The van der Waals surface area contributed by atoms with E-state index in [1.165, 1.54) is 4.68 Å². The number of rotatable bonds is 1. The molecule has 0 aliphatic carbocycles. The average molecular weight is 140 g/mol. The molecule has 0 bridgehead atoms. The van der Waals surface area contributed by atoms with Crippen molar-refractivity contribution in [2.24, 2.45) is 11.5 Å². The number of hydrogen-bond acceptors (Lipinski definition) is 3. The molecular weight excluding hydrogens is 128 g/mol. The number of aryl methyl sites for hydroxylation is 1. The van der Waals surface area contributed by atoms with Crippen LogP contribution < -0.4 is 11.5 Å². The van der Waals surface area contributed by atoms with Gasteiger partial charge in [-0.2, -0.15) is 5.10 Å². The van der Waals surface area contributed by atoms with E-state index >= 15 is 0 Å². The summed E-state index contributed by atoms with van der Waals surface area (Å²) in [5, 5.41) is 4.05. The van der Waals surface area contributed by atoms with E-state index in [1.54, 1.807) is 13.1 Å². The van der Waals surface area contributed by atoms with Crippen LogP contribution in [0.3, 0.4) is 0 Å². The normalized spacial score (nSPS) is 12.0. The summed E-state index contributed by atoms with van der Waals surface area (Å²) in [6.45, 7) is 3.58. The van der Waals surface area contributed by atoms with Gasteiger partial charge in [-0.15, -0.1) is 0 Å². The molecule has 1 aromatic heterocycles. The summed E-state index contributed by atoms with van der Waals surface area (Å²) >= 11 is 0. The van der Waals surface area contributed by atoms with Crippen molar-refractivity contribution < 1.29 is 0 Å². The summed E-state index contributed by atoms with van der Waals surface area (Å²) in [6.07, 6.45) is 1.76. The number of hydrogen-bond donors (Lipinski definition) is 2. The topological polar surface area (TPSA) is 69.9 Å². The van der Waals surface area contributed by atoms with E-state index in [4.69, 9.17) is 11.5 Å². The summed E-state index contributed by atoms with van der Waals surface area (Å²) in [7, 11) is 0. The van der Waals surface area contributed by atoms with Gasteiger partial charge in [-0.1, -0.05) is 0 Å². The zero-order chi connectivity index (χ0) is 7.78. The molecule has 4 N–H and O–H groups in total. The molecule has 0 unspecified atom stereocenters. The molecule has 0 amide bonds. The Kier molecular flexibility index (Phi) is 1.50. The molecule has 0 saturated heterocycles. The maximum Gasteiger partial charge on any atom is 0.158 e. The molecule has 0 aliphatic rings. The average Bonchev–Trinajstić information content (AvgIpc) is 2.11. The summed E-state index contributed by atoms with van der Waals surface area (Å²) in [6, 6.07) is 1.86. The minimum Gasteiger partial charge on any atom is -0.295 e. The molecule has 0 saturated carbocycles. The van der Waals surface area contributed by atoms with Crippen molar-refractivity contribution in [2.45, 2.75) is 19.6 Å². The molecule has 56 valence electrons. The van der Waals surface area contributed by atoms with Crippen LogP contribution in [0, 0.1) is 6.92 Å². The molecule has 10 heavy (non-hydrogen) atoms. The number of aromatic nitrogens is 2. The van der Waals surface area contributed by atoms with E-state index in [-0.39, 0.29) is 0 Å². The Morgan fingerprint density at radius 1 is 1.60 bits per heavy atom. The van der Waals surface area contributed by atoms with Gasteiger partial charge < -0.3 is 0 Å². The first-order valence-electron chi connectivity index (χ1n) is 3.10. The van der Waals surface area contributed by atoms with Gasteiger partial charge >= 0.3 is 0 Å². The fourth-order valence-corrected chi connectivity index (χ4v) is 0.683. The van der Waals surface area contributed by atoms with Crippen LogP contribution in [0.5, 0.6) is 0 Å². The Morgan fingerprint density at radius 2 is 2.20 bits per heavy atom. The summed E-state index contributed by atoms with van der Waals surface area (Å²) in [5.74, 6) is -0.881. The molecule has 0 aliphatic heterocycles. The van der Waals surface area contributed by atoms with Crippen LogP contribution in [-0.2, 0) is 5.79 Å². The van der Waals surface area contributed by atoms with Gasteiger partial charge in [0.2, 0.25) is 0 Å². The number of nitrogens with two attached hydrogens (primary N) is 2. The lowest BCUT2D eigenvalue weighted by Gasteiger charge is -2.18. The molecule has 0 atom stereocenters. The first-order chi connectivity index (χ1) is 4.50. The molecule has 0 spiro atoms. The molecule has 1 aromatic rings. The van der Waals surface area contributed by atoms with Gasteiger partial charge in [0, 0.05) is 6.20 Å². The summed E-state index contributed by atoms with van der Waals surface area (Å²) in [5.41, 5.74) is 12.0. The van der Waals surface area contributed by atoms with Crippen LogP contribution in [0.15, 0.2) is 12.3 Å². The second-order valence-electron chi connectivity index (χ2n) is 2.63. The van der Waals surface area contributed by atoms with Gasteiger partial charge in [-0.05, 0) is 19.9 Å². The zero-order valence-electron chi connectivity index (χ0n) is 6.20. The van der Waals surface area contributed by atoms with Gasteiger partial charge in [0.25, 0.3) is 0 Å². The predicted octanol–water partition coefficient (Wildman–Crippen LogP) is -0.261. The maximum absolute atomic E-state index is 5.55. The molecule has 4 heteroatoms. The van der Waals surface area contributed by atoms with Gasteiger partial charge in [0.15, 0.2) is 5.79 Å². The fourth-order valence-electron chi connectivity index (χ4n) is 0.683. The molecule has 4 nitrogen and oxygen atoms in total. The largest absolute Gasteiger partial charge is 0.295 e. The van der Waals surface area contributed by atoms with Crippen molar-refractivity contribution in [3.63, 3.8) is 0 Å². The van der Waals surface area contributed by atoms with Crippen molar-refractivity contribution >= 4 is 0 Å². The van der Waals surface area contributed by atoms with E-state index in [0.717, 1.165) is 5.69 Å². The van der Waals surface area contributed by atoms with Gasteiger partial charge in [0.1, 0.15) is 0 Å². The van der Waals surface area contributed by atoms with Gasteiger partial charge in [-0.25, -0.2) is 4.68 Å². The summed E-state index contributed by atoms with van der Waals surface area (Å²) in [4.78, 5) is 0. The van der Waals surface area contributed by atoms with Gasteiger partial charge in [0.05, 0.1) is 5.69 Å². The molecule has 1 rings (SSSR count). The Morgan fingerprint density at radius 3 is 2.40 bits per heavy atom. The van der Waals surface area contributed by atoms with E-state index in [0.29, 0.717) is 0 Å². The standard InChI is InChI=1S/C6H12N4/c1-5-3-4-10(9-5)6(2,7)8/h3-4H,7-8H2,1-2H3. The van der Waals surface area contributed by atoms with Crippen molar-refractivity contribution in [2.75, 3.05) is 0 Å². The highest BCUT2D eigenvalue weighted by Gasteiger charge is 2.13. The highest BCUT2D eigenvalue weighted by atomic mass is 15.4. The minimum atomic E-state index is -0.881. The first kappa shape index (κ1) is 7.24. The monoisotopic (exact) mass is 140 g/mol. The second-order valence-corrected chi connectivity index (χ2v) is 2.63. The van der Waals surface area contributed by atoms with Crippen LogP contribution in [0.25, 0.3) is 0 Å². The molecule has 0 fully saturated rings. The van der Waals surface area contributed by atoms with Gasteiger partial charge in [-0.3, -0.25) is 11.5 Å².